The van der Waals surface area contributed by atoms with Crippen LogP contribution >= 0.6 is 0 Å². The molecule has 1 heterocycles. The van der Waals surface area contributed by atoms with E-state index in [-0.39, 0.29) is 11.8 Å². The molecule has 1 aromatic carbocycles. The van der Waals surface area contributed by atoms with Crippen LogP contribution < -0.4 is 4.74 Å². The third kappa shape index (κ3) is 4.76. The largest absolute Gasteiger partial charge is 0.493 e. The highest BCUT2D eigenvalue weighted by molar-refractivity contribution is 5.77. The summed E-state index contributed by atoms with van der Waals surface area (Å²) >= 11 is 0. The highest BCUT2D eigenvalue weighted by Gasteiger charge is 2.20. The molecule has 5 heteroatoms. The zero-order valence-electron chi connectivity index (χ0n) is 13.2. The molecule has 2 rings (SSSR count). The molecule has 1 aromatic rings. The van der Waals surface area contributed by atoms with Gasteiger partial charge in [0.15, 0.2) is 0 Å². The summed E-state index contributed by atoms with van der Waals surface area (Å²) in [5.41, 5.74) is 0. The van der Waals surface area contributed by atoms with Crippen LogP contribution in [0, 0.1) is 0 Å². The maximum atomic E-state index is 12.2. The first-order chi connectivity index (χ1) is 10.7. The summed E-state index contributed by atoms with van der Waals surface area (Å²) in [6.07, 6.45) is 1.74. The summed E-state index contributed by atoms with van der Waals surface area (Å²) in [4.78, 5) is 27.7. The van der Waals surface area contributed by atoms with Gasteiger partial charge in [0, 0.05) is 32.6 Å². The maximum Gasteiger partial charge on any atom is 0.226 e. The van der Waals surface area contributed by atoms with E-state index in [1.165, 1.54) is 0 Å². The molecule has 0 unspecified atom stereocenters. The SMILES string of the molecule is CCC(=O)N1CCCN(C(=O)CCOc2ccccc2)CC1. The Morgan fingerprint density at radius 1 is 1.00 bits per heavy atom. The Bertz CT molecular complexity index is 490. The van der Waals surface area contributed by atoms with Crippen LogP contribution in [0.1, 0.15) is 26.2 Å². The Morgan fingerprint density at radius 3 is 2.27 bits per heavy atom. The van der Waals surface area contributed by atoms with Crippen LogP contribution in [0.25, 0.3) is 0 Å². The van der Waals surface area contributed by atoms with Crippen LogP contribution in [0.4, 0.5) is 0 Å². The fraction of sp³-hybridized carbons (Fsp3) is 0.529. The van der Waals surface area contributed by atoms with Gasteiger partial charge in [-0.05, 0) is 18.6 Å². The van der Waals surface area contributed by atoms with E-state index in [2.05, 4.69) is 0 Å². The van der Waals surface area contributed by atoms with Crippen molar-refractivity contribution < 1.29 is 14.3 Å². The average Bonchev–Trinajstić information content (AvgIpc) is 2.81. The minimum atomic E-state index is 0.0988. The molecule has 1 fully saturated rings. The number of ether oxygens (including phenoxy) is 1. The molecule has 1 aliphatic rings. The van der Waals surface area contributed by atoms with Gasteiger partial charge in [-0.15, -0.1) is 0 Å². The Kier molecular flexibility index (Phi) is 6.25. The van der Waals surface area contributed by atoms with Crippen LogP contribution in [0.5, 0.6) is 5.75 Å². The fourth-order valence-corrected chi connectivity index (χ4v) is 2.57. The van der Waals surface area contributed by atoms with Gasteiger partial charge in [-0.2, -0.15) is 0 Å². The molecule has 1 saturated heterocycles. The van der Waals surface area contributed by atoms with Crippen molar-refractivity contribution in [2.24, 2.45) is 0 Å². The molecule has 0 radical (unpaired) electrons. The molecule has 120 valence electrons. The molecule has 0 N–H and O–H groups in total. The van der Waals surface area contributed by atoms with E-state index in [0.29, 0.717) is 32.5 Å². The zero-order chi connectivity index (χ0) is 15.8. The Balaban J connectivity index is 1.74. The summed E-state index contributed by atoms with van der Waals surface area (Å²) in [6, 6.07) is 9.50. The third-order valence-corrected chi connectivity index (χ3v) is 3.83. The van der Waals surface area contributed by atoms with Crippen LogP contribution in [0.3, 0.4) is 0 Å². The summed E-state index contributed by atoms with van der Waals surface area (Å²) in [5, 5.41) is 0. The Labute approximate surface area is 131 Å². The van der Waals surface area contributed by atoms with Gasteiger partial charge in [0.05, 0.1) is 13.0 Å². The zero-order valence-corrected chi connectivity index (χ0v) is 13.2. The van der Waals surface area contributed by atoms with Gasteiger partial charge in [-0.25, -0.2) is 0 Å². The van der Waals surface area contributed by atoms with Crippen molar-refractivity contribution in [1.29, 1.82) is 0 Å². The lowest BCUT2D eigenvalue weighted by molar-refractivity contribution is -0.133. The van der Waals surface area contributed by atoms with Gasteiger partial charge in [-0.3, -0.25) is 9.59 Å². The van der Waals surface area contributed by atoms with Gasteiger partial charge in [0.1, 0.15) is 5.75 Å². The molecule has 0 bridgehead atoms. The van der Waals surface area contributed by atoms with Crippen LogP contribution in [-0.2, 0) is 9.59 Å². The number of nitrogens with zero attached hydrogens (tertiary/aromatic N) is 2. The van der Waals surface area contributed by atoms with Crippen LogP contribution in [0.2, 0.25) is 0 Å². The number of carbonyl (C=O) groups excluding carboxylic acids is 2. The quantitative estimate of drug-likeness (QED) is 0.835. The molecular formula is C17H24N2O3. The number of rotatable bonds is 5. The number of benzene rings is 1. The first kappa shape index (κ1) is 16.3. The lowest BCUT2D eigenvalue weighted by atomic mass is 10.3. The smallest absolute Gasteiger partial charge is 0.226 e. The van der Waals surface area contributed by atoms with E-state index in [4.69, 9.17) is 4.74 Å². The van der Waals surface area contributed by atoms with E-state index < -0.39 is 0 Å². The van der Waals surface area contributed by atoms with Crippen molar-refractivity contribution in [3.05, 3.63) is 30.3 Å². The lowest BCUT2D eigenvalue weighted by Gasteiger charge is -2.22. The summed E-state index contributed by atoms with van der Waals surface area (Å²) in [5.74, 6) is 1.05. The van der Waals surface area contributed by atoms with Crippen molar-refractivity contribution in [2.45, 2.75) is 26.2 Å². The van der Waals surface area contributed by atoms with Gasteiger partial charge in [0.2, 0.25) is 11.8 Å². The first-order valence-electron chi connectivity index (χ1n) is 7.94. The molecule has 0 aliphatic carbocycles. The summed E-state index contributed by atoms with van der Waals surface area (Å²) in [7, 11) is 0. The van der Waals surface area contributed by atoms with E-state index >= 15 is 0 Å². The molecule has 22 heavy (non-hydrogen) atoms. The predicted molar refractivity (Wildman–Crippen MR) is 84.6 cm³/mol. The van der Waals surface area contributed by atoms with E-state index in [0.717, 1.165) is 25.3 Å². The second-order valence-corrected chi connectivity index (χ2v) is 5.38. The van der Waals surface area contributed by atoms with Gasteiger partial charge >= 0.3 is 0 Å². The number of amides is 2. The van der Waals surface area contributed by atoms with Crippen molar-refractivity contribution >= 4 is 11.8 Å². The minimum absolute atomic E-state index is 0.0988. The number of carbonyl (C=O) groups is 2. The van der Waals surface area contributed by atoms with E-state index in [9.17, 15) is 9.59 Å². The summed E-state index contributed by atoms with van der Waals surface area (Å²) < 4.78 is 5.56. The predicted octanol–water partition coefficient (Wildman–Crippen LogP) is 1.93. The Hall–Kier alpha value is -2.04. The van der Waals surface area contributed by atoms with E-state index in [1.807, 2.05) is 47.1 Å². The molecule has 0 aromatic heterocycles. The third-order valence-electron chi connectivity index (χ3n) is 3.83. The molecular weight excluding hydrogens is 280 g/mol. The molecule has 5 nitrogen and oxygen atoms in total. The molecule has 1 aliphatic heterocycles. The highest BCUT2D eigenvalue weighted by atomic mass is 16.5. The second kappa shape index (κ2) is 8.41. The van der Waals surface area contributed by atoms with Crippen molar-refractivity contribution in [3.8, 4) is 5.75 Å². The number of para-hydroxylation sites is 1. The van der Waals surface area contributed by atoms with Crippen molar-refractivity contribution in [1.82, 2.24) is 9.80 Å². The minimum Gasteiger partial charge on any atom is -0.493 e. The molecule has 0 spiro atoms. The maximum absolute atomic E-state index is 12.2. The Morgan fingerprint density at radius 2 is 1.64 bits per heavy atom. The molecule has 0 saturated carbocycles. The fourth-order valence-electron chi connectivity index (χ4n) is 2.57. The van der Waals surface area contributed by atoms with Crippen molar-refractivity contribution in [3.63, 3.8) is 0 Å². The first-order valence-corrected chi connectivity index (χ1v) is 7.94. The van der Waals surface area contributed by atoms with Gasteiger partial charge in [-0.1, -0.05) is 25.1 Å². The van der Waals surface area contributed by atoms with Crippen molar-refractivity contribution in [2.75, 3.05) is 32.8 Å². The monoisotopic (exact) mass is 304 g/mol. The average molecular weight is 304 g/mol. The number of hydrogen-bond donors (Lipinski definition) is 0. The van der Waals surface area contributed by atoms with Gasteiger partial charge < -0.3 is 14.5 Å². The highest BCUT2D eigenvalue weighted by Crippen LogP contribution is 2.10. The number of hydrogen-bond acceptors (Lipinski definition) is 3. The lowest BCUT2D eigenvalue weighted by Crippen LogP contribution is -2.37. The van der Waals surface area contributed by atoms with Crippen LogP contribution in [0.15, 0.2) is 30.3 Å². The van der Waals surface area contributed by atoms with Gasteiger partial charge in [0.25, 0.3) is 0 Å². The van der Waals surface area contributed by atoms with E-state index in [1.54, 1.807) is 0 Å². The van der Waals surface area contributed by atoms with Crippen LogP contribution in [-0.4, -0.2) is 54.4 Å². The summed E-state index contributed by atoms with van der Waals surface area (Å²) in [6.45, 7) is 4.98. The standard InChI is InChI=1S/C17H24N2O3/c1-2-16(20)18-10-6-11-19(13-12-18)17(21)9-14-22-15-7-4-3-5-8-15/h3-5,7-8H,2,6,9-14H2,1H3. The second-order valence-electron chi connectivity index (χ2n) is 5.38. The molecule has 2 amide bonds. The normalized spacial score (nSPS) is 15.3. The molecule has 0 atom stereocenters. The topological polar surface area (TPSA) is 49.9 Å².